The van der Waals surface area contributed by atoms with Crippen molar-refractivity contribution >= 4 is 45.9 Å². The van der Waals surface area contributed by atoms with Crippen LogP contribution in [0, 0.1) is 34.5 Å². The summed E-state index contributed by atoms with van der Waals surface area (Å²) < 4.78 is 57.7. The molecule has 5 aliphatic carbocycles. The Balaban J connectivity index is 0.818. The second-order valence-electron chi connectivity index (χ2n) is 19.6. The van der Waals surface area contributed by atoms with Crippen molar-refractivity contribution in [2.45, 2.75) is 101 Å². The first-order chi connectivity index (χ1) is 30.2. The van der Waals surface area contributed by atoms with Gasteiger partial charge in [-0.25, -0.2) is 8.78 Å². The first-order valence-electron chi connectivity index (χ1n) is 21.8. The number of aromatic nitrogens is 1. The van der Waals surface area contributed by atoms with Gasteiger partial charge in [0.1, 0.15) is 18.8 Å². The molecule has 1 aliphatic heterocycles. The van der Waals surface area contributed by atoms with Gasteiger partial charge in [0.05, 0.1) is 24.0 Å². The van der Waals surface area contributed by atoms with Gasteiger partial charge in [0, 0.05) is 40.2 Å². The van der Waals surface area contributed by atoms with E-state index in [1.54, 1.807) is 62.3 Å². The molecule has 3 unspecified atom stereocenters. The third-order valence-corrected chi connectivity index (χ3v) is 15.1. The van der Waals surface area contributed by atoms with Gasteiger partial charge in [-0.1, -0.05) is 43.3 Å². The third-order valence-electron chi connectivity index (χ3n) is 15.1. The maximum atomic E-state index is 17.8. The predicted octanol–water partition coefficient (Wildman–Crippen LogP) is 6.09. The molecule has 9 rings (SSSR count). The summed E-state index contributed by atoms with van der Waals surface area (Å²) in [4.78, 5) is 72.6. The number of hydrogen-bond donors (Lipinski definition) is 2. The molecule has 5 fully saturated rings. The quantitative estimate of drug-likeness (QED) is 0.213. The van der Waals surface area contributed by atoms with Gasteiger partial charge in [-0.3, -0.25) is 33.9 Å². The van der Waals surface area contributed by atoms with Crippen molar-refractivity contribution in [1.29, 1.82) is 0 Å². The van der Waals surface area contributed by atoms with Crippen LogP contribution in [-0.2, 0) is 49.5 Å². The molecule has 0 bridgehead atoms. The van der Waals surface area contributed by atoms with Gasteiger partial charge in [0.15, 0.2) is 29.4 Å². The standard InChI is InChI=1S/C49H53F2N3O10/c1-45(2)63-40-21-34-35-20-37(50)36-18-31(55)13-15-46(36,3)48(35,51)38(56)22-47(34,4)49(40,64-45)39(57)25-62-44(60)33-19-32(33)43(59)61-24-26-7-9-27(10-8-26)41(54(5)6)42(58)53-30-12-11-29-23-52-16-14-28(29)17-30/h7-18,23,32-35,37-38,40-41,56H,19-22,24-25H2,1-6H3,(H,53,58)/t32?,33?,34-,35-,37-,38-,40+,41?,46-,47-,48-,49+/m0/s1. The van der Waals surface area contributed by atoms with Gasteiger partial charge >= 0.3 is 11.9 Å². The second kappa shape index (κ2) is 15.5. The SMILES string of the molecule is CN(C)C(C(=O)Nc1ccc2cnccc2c1)c1ccc(COC(=O)C2CC2C(=O)OCC(=O)[C@@]23OC(C)(C)O[C@@H]2C[C@H]2[C@@H]4C[C@H](F)C5=CC(=O)C=C[C@]5(C)[C@@]4(F)[C@@H](O)C[C@@]23C)cc1. The summed E-state index contributed by atoms with van der Waals surface area (Å²) in [5.74, 6) is -7.27. The molecule has 1 aromatic heterocycles. The van der Waals surface area contributed by atoms with Gasteiger partial charge in [-0.05, 0) is 119 Å². The number of allylic oxidation sites excluding steroid dienone is 4. The topological polar surface area (TPSA) is 171 Å². The van der Waals surface area contributed by atoms with E-state index in [1.165, 1.54) is 19.1 Å². The fourth-order valence-corrected chi connectivity index (χ4v) is 12.0. The van der Waals surface area contributed by atoms with Crippen LogP contribution in [0.2, 0.25) is 0 Å². The molecule has 15 heteroatoms. The van der Waals surface area contributed by atoms with Crippen molar-refractivity contribution in [3.63, 3.8) is 0 Å². The molecule has 1 saturated heterocycles. The molecule has 338 valence electrons. The Kier molecular flexibility index (Phi) is 10.6. The smallest absolute Gasteiger partial charge is 0.310 e. The lowest BCUT2D eigenvalue weighted by Crippen LogP contribution is -2.71. The lowest BCUT2D eigenvalue weighted by Gasteiger charge is -2.63. The molecule has 12 atom stereocenters. The van der Waals surface area contributed by atoms with Gasteiger partial charge in [0.25, 0.3) is 0 Å². The largest absolute Gasteiger partial charge is 0.461 e. The highest BCUT2D eigenvalue weighted by atomic mass is 19.1. The number of carbonyl (C=O) groups is 5. The summed E-state index contributed by atoms with van der Waals surface area (Å²) >= 11 is 0. The highest BCUT2D eigenvalue weighted by Gasteiger charge is 2.80. The van der Waals surface area contributed by atoms with Crippen molar-refractivity contribution in [2.75, 3.05) is 26.0 Å². The first kappa shape index (κ1) is 44.0. The molecule has 3 aromatic rings. The lowest BCUT2D eigenvalue weighted by molar-refractivity contribution is -0.249. The Bertz CT molecular complexity index is 2510. The summed E-state index contributed by atoms with van der Waals surface area (Å²) in [6.45, 7) is 5.73. The number of benzene rings is 2. The average molecular weight is 882 g/mol. The third kappa shape index (κ3) is 6.83. The average Bonchev–Trinajstić information content (AvgIpc) is 3.95. The monoisotopic (exact) mass is 881 g/mol. The number of rotatable bonds is 11. The molecule has 4 saturated carbocycles. The molecule has 2 aromatic carbocycles. The number of aliphatic hydroxyl groups excluding tert-OH is 1. The van der Waals surface area contributed by atoms with Crippen molar-refractivity contribution in [3.05, 3.63) is 95.9 Å². The zero-order valence-electron chi connectivity index (χ0n) is 36.6. The summed E-state index contributed by atoms with van der Waals surface area (Å²) in [6.07, 6.45) is 2.65. The normalized spacial score (nSPS) is 35.9. The number of anilines is 1. The minimum atomic E-state index is -2.36. The van der Waals surface area contributed by atoms with Crippen molar-refractivity contribution < 1.29 is 56.8 Å². The number of ketones is 2. The van der Waals surface area contributed by atoms with Gasteiger partial charge in [-0.15, -0.1) is 0 Å². The highest BCUT2D eigenvalue weighted by molar-refractivity contribution is 6.01. The number of fused-ring (bicyclic) bond motifs is 8. The number of nitrogens with zero attached hydrogens (tertiary/aromatic N) is 2. The van der Waals surface area contributed by atoms with Crippen LogP contribution in [0.25, 0.3) is 10.8 Å². The van der Waals surface area contributed by atoms with Crippen molar-refractivity contribution in [3.8, 4) is 0 Å². The highest BCUT2D eigenvalue weighted by Crippen LogP contribution is 2.72. The molecule has 2 heterocycles. The van der Waals surface area contributed by atoms with Gasteiger partial charge in [-0.2, -0.15) is 0 Å². The second-order valence-corrected chi connectivity index (χ2v) is 19.6. The number of alkyl halides is 2. The Labute approximate surface area is 369 Å². The number of aliphatic hydroxyl groups is 1. The fraction of sp³-hybridized carbons (Fsp3) is 0.510. The van der Waals surface area contributed by atoms with Crippen LogP contribution < -0.4 is 5.32 Å². The summed E-state index contributed by atoms with van der Waals surface area (Å²) in [5.41, 5.74) is -4.95. The van der Waals surface area contributed by atoms with Gasteiger partial charge in [0.2, 0.25) is 11.7 Å². The van der Waals surface area contributed by atoms with E-state index in [1.807, 2.05) is 38.4 Å². The molecule has 6 aliphatic rings. The molecular formula is C49H53F2N3O10. The number of hydrogen-bond acceptors (Lipinski definition) is 12. The molecule has 13 nitrogen and oxygen atoms in total. The zero-order chi connectivity index (χ0) is 45.7. The molecular weight excluding hydrogens is 829 g/mol. The van der Waals surface area contributed by atoms with E-state index in [0.29, 0.717) is 11.3 Å². The number of Topliss-reactive ketones (excluding diaryl/α,β-unsaturated/α-hetero) is 1. The van der Waals surface area contributed by atoms with E-state index in [9.17, 15) is 29.1 Å². The maximum absolute atomic E-state index is 17.8. The van der Waals surface area contributed by atoms with E-state index >= 15 is 8.78 Å². The van der Waals surface area contributed by atoms with Crippen LogP contribution in [0.1, 0.15) is 70.5 Å². The summed E-state index contributed by atoms with van der Waals surface area (Å²) in [7, 11) is 3.62. The van der Waals surface area contributed by atoms with E-state index < -0.39 is 106 Å². The Morgan fingerprint density at radius 1 is 0.953 bits per heavy atom. The number of esters is 2. The first-order valence-corrected chi connectivity index (χ1v) is 21.8. The minimum Gasteiger partial charge on any atom is -0.461 e. The van der Waals surface area contributed by atoms with Crippen LogP contribution >= 0.6 is 0 Å². The van der Waals surface area contributed by atoms with E-state index in [-0.39, 0.29) is 43.8 Å². The molecule has 64 heavy (non-hydrogen) atoms. The van der Waals surface area contributed by atoms with Crippen LogP contribution in [0.15, 0.2) is 84.7 Å². The van der Waals surface area contributed by atoms with Crippen LogP contribution in [0.4, 0.5) is 14.5 Å². The Morgan fingerprint density at radius 2 is 1.67 bits per heavy atom. The van der Waals surface area contributed by atoms with E-state index in [4.69, 9.17) is 18.9 Å². The Hall–Kier alpha value is -5.22. The predicted molar refractivity (Wildman–Crippen MR) is 227 cm³/mol. The number of likely N-dealkylation sites (N-methyl/N-ethyl adjacent to an activating group) is 1. The fourth-order valence-electron chi connectivity index (χ4n) is 12.0. The summed E-state index contributed by atoms with van der Waals surface area (Å²) in [6, 6.07) is 14.0. The molecule has 0 radical (unpaired) electrons. The van der Waals surface area contributed by atoms with Crippen LogP contribution in [-0.4, -0.2) is 101 Å². The number of ether oxygens (including phenoxy) is 4. The summed E-state index contributed by atoms with van der Waals surface area (Å²) in [5, 5.41) is 16.7. The molecule has 0 spiro atoms. The lowest BCUT2D eigenvalue weighted by atomic mass is 9.44. The van der Waals surface area contributed by atoms with E-state index in [0.717, 1.165) is 22.4 Å². The van der Waals surface area contributed by atoms with Gasteiger partial charge < -0.3 is 29.4 Å². The van der Waals surface area contributed by atoms with E-state index in [2.05, 4.69) is 10.3 Å². The number of amides is 1. The minimum absolute atomic E-state index is 0.00419. The van der Waals surface area contributed by atoms with Crippen molar-refractivity contribution in [1.82, 2.24) is 9.88 Å². The molecule has 2 N–H and O–H groups in total. The number of carbonyl (C=O) groups excluding carboxylic acids is 5. The van der Waals surface area contributed by atoms with Crippen LogP contribution in [0.5, 0.6) is 0 Å². The number of pyridine rings is 1. The van der Waals surface area contributed by atoms with Crippen molar-refractivity contribution in [2.24, 2.45) is 34.5 Å². The number of nitrogens with one attached hydrogen (secondary N) is 1. The number of halogens is 2. The maximum Gasteiger partial charge on any atom is 0.310 e. The Morgan fingerprint density at radius 3 is 2.39 bits per heavy atom. The molecule has 1 amide bonds. The van der Waals surface area contributed by atoms with Crippen LogP contribution in [0.3, 0.4) is 0 Å². The zero-order valence-corrected chi connectivity index (χ0v) is 36.6.